The monoisotopic (exact) mass is 348 g/mol. The van der Waals surface area contributed by atoms with Crippen molar-refractivity contribution in [2.45, 2.75) is 0 Å². The van der Waals surface area contributed by atoms with Crippen molar-refractivity contribution in [1.82, 2.24) is 9.97 Å². The van der Waals surface area contributed by atoms with Crippen LogP contribution in [0.2, 0.25) is 0 Å². The summed E-state index contributed by atoms with van der Waals surface area (Å²) in [5.41, 5.74) is 2.89. The number of aromatic nitrogens is 2. The molecule has 0 radical (unpaired) electrons. The number of hydrogen-bond acceptors (Lipinski definition) is 5. The van der Waals surface area contributed by atoms with Crippen LogP contribution in [-0.4, -0.2) is 20.8 Å². The zero-order valence-corrected chi connectivity index (χ0v) is 13.3. The summed E-state index contributed by atoms with van der Waals surface area (Å²) in [6.45, 7) is 0. The van der Waals surface area contributed by atoms with Crippen LogP contribution < -0.4 is 5.32 Å². The summed E-state index contributed by atoms with van der Waals surface area (Å²) in [4.78, 5) is 30.1. The second kappa shape index (κ2) is 6.17. The third-order valence-corrected chi connectivity index (χ3v) is 3.82. The quantitative estimate of drug-likeness (QED) is 0.427. The van der Waals surface area contributed by atoms with E-state index in [1.807, 2.05) is 36.4 Å². The van der Waals surface area contributed by atoms with E-state index in [1.54, 1.807) is 12.1 Å². The number of furan rings is 1. The number of fused-ring (bicyclic) bond motifs is 1. The van der Waals surface area contributed by atoms with E-state index in [1.165, 1.54) is 6.07 Å². The van der Waals surface area contributed by atoms with Crippen molar-refractivity contribution in [3.63, 3.8) is 0 Å². The van der Waals surface area contributed by atoms with Crippen molar-refractivity contribution < 1.29 is 14.1 Å². The number of nitrogens with one attached hydrogen (secondary N) is 2. The molecule has 0 aliphatic carbocycles. The van der Waals surface area contributed by atoms with Gasteiger partial charge < -0.3 is 14.7 Å². The summed E-state index contributed by atoms with van der Waals surface area (Å²) >= 11 is 0. The molecule has 26 heavy (non-hydrogen) atoms. The van der Waals surface area contributed by atoms with Crippen molar-refractivity contribution in [2.75, 3.05) is 5.32 Å². The highest BCUT2D eigenvalue weighted by molar-refractivity contribution is 6.04. The third-order valence-electron chi connectivity index (χ3n) is 3.82. The van der Waals surface area contributed by atoms with Gasteiger partial charge in [-0.3, -0.25) is 14.9 Å². The number of amides is 1. The lowest BCUT2D eigenvalue weighted by Crippen LogP contribution is -2.11. The van der Waals surface area contributed by atoms with E-state index in [4.69, 9.17) is 4.42 Å². The first-order chi connectivity index (χ1) is 12.6. The Hall–Kier alpha value is -3.94. The molecule has 4 aromatic rings. The second-order valence-electron chi connectivity index (χ2n) is 5.50. The van der Waals surface area contributed by atoms with Gasteiger partial charge in [-0.25, -0.2) is 4.98 Å². The van der Waals surface area contributed by atoms with Crippen LogP contribution in [0.3, 0.4) is 0 Å². The van der Waals surface area contributed by atoms with E-state index in [2.05, 4.69) is 15.3 Å². The fourth-order valence-corrected chi connectivity index (χ4v) is 2.61. The number of carbonyl (C=O) groups excluding carboxylic acids is 1. The number of para-hydroxylation sites is 3. The summed E-state index contributed by atoms with van der Waals surface area (Å²) < 4.78 is 4.94. The molecular weight excluding hydrogens is 336 g/mol. The highest BCUT2D eigenvalue weighted by Crippen LogP contribution is 2.28. The Bertz CT molecular complexity index is 1100. The number of carbonyl (C=O) groups is 1. The van der Waals surface area contributed by atoms with Crippen LogP contribution in [0.1, 0.15) is 10.6 Å². The topological polar surface area (TPSA) is 114 Å². The zero-order chi connectivity index (χ0) is 18.1. The van der Waals surface area contributed by atoms with E-state index in [0.29, 0.717) is 17.1 Å². The maximum Gasteiger partial charge on any atom is 0.433 e. The standard InChI is InChI=1S/C18H12N4O4/c23-18(15-9-10-16(26-15)22(24)25)21-12-6-2-1-5-11(12)17-19-13-7-3-4-8-14(13)20-17/h1-10H,(H,19,20)(H,21,23). The predicted octanol–water partition coefficient (Wildman–Crippen LogP) is 3.98. The van der Waals surface area contributed by atoms with Crippen molar-refractivity contribution in [2.24, 2.45) is 0 Å². The number of aromatic amines is 1. The van der Waals surface area contributed by atoms with Crippen molar-refractivity contribution in [1.29, 1.82) is 0 Å². The SMILES string of the molecule is O=C(Nc1ccccc1-c1nc2ccccc2[nH]1)c1ccc([N+](=O)[O-])o1. The zero-order valence-electron chi connectivity index (χ0n) is 13.3. The second-order valence-corrected chi connectivity index (χ2v) is 5.50. The van der Waals surface area contributed by atoms with Crippen LogP contribution in [-0.2, 0) is 0 Å². The minimum Gasteiger partial charge on any atom is -0.395 e. The molecule has 1 amide bonds. The van der Waals surface area contributed by atoms with E-state index >= 15 is 0 Å². The Balaban J connectivity index is 1.67. The van der Waals surface area contributed by atoms with Crippen molar-refractivity contribution in [3.05, 3.63) is 76.5 Å². The van der Waals surface area contributed by atoms with E-state index < -0.39 is 16.7 Å². The van der Waals surface area contributed by atoms with Crippen molar-refractivity contribution in [3.8, 4) is 11.4 Å². The highest BCUT2D eigenvalue weighted by atomic mass is 16.6. The molecule has 128 valence electrons. The molecule has 0 aliphatic rings. The van der Waals surface area contributed by atoms with E-state index in [-0.39, 0.29) is 5.76 Å². The smallest absolute Gasteiger partial charge is 0.395 e. The number of nitro groups is 1. The Labute approximate surface area is 146 Å². The van der Waals surface area contributed by atoms with Gasteiger partial charge in [0.1, 0.15) is 10.7 Å². The molecule has 2 N–H and O–H groups in total. The molecule has 8 nitrogen and oxygen atoms in total. The molecule has 0 aliphatic heterocycles. The van der Waals surface area contributed by atoms with Gasteiger partial charge in [-0.2, -0.15) is 0 Å². The lowest BCUT2D eigenvalue weighted by atomic mass is 10.1. The van der Waals surface area contributed by atoms with Crippen molar-refractivity contribution >= 4 is 28.5 Å². The van der Waals surface area contributed by atoms with Gasteiger partial charge in [-0.1, -0.05) is 24.3 Å². The normalized spacial score (nSPS) is 10.8. The van der Waals surface area contributed by atoms with Crippen LogP contribution in [0.4, 0.5) is 11.6 Å². The number of anilines is 1. The van der Waals surface area contributed by atoms with Gasteiger partial charge in [0.2, 0.25) is 0 Å². The minimum atomic E-state index is -0.695. The molecule has 2 heterocycles. The Morgan fingerprint density at radius 3 is 2.62 bits per heavy atom. The van der Waals surface area contributed by atoms with Crippen LogP contribution in [0, 0.1) is 10.1 Å². The minimum absolute atomic E-state index is 0.142. The molecule has 2 aromatic heterocycles. The van der Waals surface area contributed by atoms with Crippen LogP contribution >= 0.6 is 0 Å². The Morgan fingerprint density at radius 2 is 1.85 bits per heavy atom. The number of nitrogens with zero attached hydrogens (tertiary/aromatic N) is 2. The first kappa shape index (κ1) is 15.6. The lowest BCUT2D eigenvalue weighted by molar-refractivity contribution is -0.402. The summed E-state index contributed by atoms with van der Waals surface area (Å²) in [5.74, 6) is -0.606. The van der Waals surface area contributed by atoms with Crippen LogP contribution in [0.25, 0.3) is 22.4 Å². The van der Waals surface area contributed by atoms with Gasteiger partial charge in [0.25, 0.3) is 5.91 Å². The fraction of sp³-hybridized carbons (Fsp3) is 0. The molecule has 0 atom stereocenters. The molecule has 0 bridgehead atoms. The average molecular weight is 348 g/mol. The largest absolute Gasteiger partial charge is 0.433 e. The number of imidazole rings is 1. The van der Waals surface area contributed by atoms with Gasteiger partial charge in [0, 0.05) is 5.56 Å². The maximum atomic E-state index is 12.3. The first-order valence-corrected chi connectivity index (χ1v) is 7.71. The average Bonchev–Trinajstić information content (AvgIpc) is 3.29. The maximum absolute atomic E-state index is 12.3. The number of benzene rings is 2. The molecule has 4 rings (SSSR count). The lowest BCUT2D eigenvalue weighted by Gasteiger charge is -2.08. The molecule has 8 heteroatoms. The Kier molecular flexibility index (Phi) is 3.70. The van der Waals surface area contributed by atoms with Gasteiger partial charge in [0.15, 0.2) is 5.76 Å². The van der Waals surface area contributed by atoms with E-state index in [0.717, 1.165) is 17.1 Å². The highest BCUT2D eigenvalue weighted by Gasteiger charge is 2.19. The molecule has 0 unspecified atom stereocenters. The third kappa shape index (κ3) is 2.80. The predicted molar refractivity (Wildman–Crippen MR) is 94.8 cm³/mol. The van der Waals surface area contributed by atoms with Crippen LogP contribution in [0.5, 0.6) is 0 Å². The molecule has 2 aromatic carbocycles. The number of H-pyrrole nitrogens is 1. The van der Waals surface area contributed by atoms with E-state index in [9.17, 15) is 14.9 Å². The summed E-state index contributed by atoms with van der Waals surface area (Å²) in [7, 11) is 0. The Morgan fingerprint density at radius 1 is 1.08 bits per heavy atom. The van der Waals surface area contributed by atoms with Gasteiger partial charge in [0.05, 0.1) is 22.8 Å². The summed E-state index contributed by atoms with van der Waals surface area (Å²) in [6.07, 6.45) is 0. The fourth-order valence-electron chi connectivity index (χ4n) is 2.61. The summed E-state index contributed by atoms with van der Waals surface area (Å²) in [5, 5.41) is 13.4. The van der Waals surface area contributed by atoms with Crippen LogP contribution in [0.15, 0.2) is 65.1 Å². The molecule has 0 spiro atoms. The molecule has 0 saturated carbocycles. The van der Waals surface area contributed by atoms with Gasteiger partial charge in [-0.05, 0) is 30.3 Å². The molecule has 0 saturated heterocycles. The van der Waals surface area contributed by atoms with Gasteiger partial charge in [-0.15, -0.1) is 0 Å². The van der Waals surface area contributed by atoms with Gasteiger partial charge >= 0.3 is 5.88 Å². The molecule has 0 fully saturated rings. The summed E-state index contributed by atoms with van der Waals surface area (Å²) in [6, 6.07) is 17.1. The molecular formula is C18H12N4O4. The first-order valence-electron chi connectivity index (χ1n) is 7.71. The number of hydrogen-bond donors (Lipinski definition) is 2. The number of rotatable bonds is 4.